The van der Waals surface area contributed by atoms with Crippen molar-refractivity contribution in [3.63, 3.8) is 0 Å². The number of nitrogens with two attached hydrogens (primary N) is 1. The van der Waals surface area contributed by atoms with Crippen LogP contribution in [0, 0.1) is 6.92 Å². The molecule has 0 unspecified atom stereocenters. The van der Waals surface area contributed by atoms with Gasteiger partial charge in [-0.25, -0.2) is 0 Å². The van der Waals surface area contributed by atoms with Crippen molar-refractivity contribution >= 4 is 11.0 Å². The molecule has 0 saturated heterocycles. The first-order valence-electron chi connectivity index (χ1n) is 4.77. The number of hydrogen-bond acceptors (Lipinski definition) is 2. The molecule has 14 heavy (non-hydrogen) atoms. The summed E-state index contributed by atoms with van der Waals surface area (Å²) in [7, 11) is 0. The summed E-state index contributed by atoms with van der Waals surface area (Å²) in [6.07, 6.45) is 0. The van der Waals surface area contributed by atoms with Crippen molar-refractivity contribution in [1.82, 2.24) is 0 Å². The Balaban J connectivity index is 2.77. The summed E-state index contributed by atoms with van der Waals surface area (Å²) >= 11 is 0. The van der Waals surface area contributed by atoms with E-state index in [9.17, 15) is 0 Å². The highest BCUT2D eigenvalue weighted by molar-refractivity contribution is 5.82. The third kappa shape index (κ3) is 1.42. The molecule has 2 N–H and O–H groups in total. The Morgan fingerprint density at radius 3 is 2.64 bits per heavy atom. The predicted molar refractivity (Wildman–Crippen MR) is 58.2 cm³/mol. The van der Waals surface area contributed by atoms with Crippen LogP contribution in [0.2, 0.25) is 0 Å². The normalized spacial score (nSPS) is 12.3. The van der Waals surface area contributed by atoms with Gasteiger partial charge in [-0.3, -0.25) is 0 Å². The first-order chi connectivity index (χ1) is 6.48. The maximum atomic E-state index is 6.09. The minimum Gasteiger partial charge on any atom is -0.461 e. The fourth-order valence-electron chi connectivity index (χ4n) is 1.75. The van der Waals surface area contributed by atoms with E-state index in [1.165, 1.54) is 0 Å². The highest BCUT2D eigenvalue weighted by Crippen LogP contribution is 2.28. The fraction of sp³-hybridized carbons (Fsp3) is 0.333. The van der Waals surface area contributed by atoms with Gasteiger partial charge in [-0.05, 0) is 38.5 Å². The van der Waals surface area contributed by atoms with E-state index in [0.717, 1.165) is 22.3 Å². The number of furan rings is 1. The van der Waals surface area contributed by atoms with Crippen LogP contribution in [-0.2, 0) is 5.54 Å². The fourth-order valence-corrected chi connectivity index (χ4v) is 1.75. The molecular formula is C12H15NO. The molecule has 2 heteroatoms. The van der Waals surface area contributed by atoms with Gasteiger partial charge in [0.1, 0.15) is 11.3 Å². The van der Waals surface area contributed by atoms with E-state index in [-0.39, 0.29) is 5.54 Å². The van der Waals surface area contributed by atoms with E-state index in [1.807, 2.05) is 39.0 Å². The molecule has 0 aliphatic rings. The van der Waals surface area contributed by atoms with E-state index in [2.05, 4.69) is 6.07 Å². The lowest BCUT2D eigenvalue weighted by atomic mass is 9.93. The molecule has 0 saturated carbocycles. The molecule has 1 aromatic carbocycles. The van der Waals surface area contributed by atoms with Crippen LogP contribution < -0.4 is 5.73 Å². The summed E-state index contributed by atoms with van der Waals surface area (Å²) in [5.74, 6) is 0.928. The van der Waals surface area contributed by atoms with E-state index >= 15 is 0 Å². The van der Waals surface area contributed by atoms with Gasteiger partial charge >= 0.3 is 0 Å². The Bertz CT molecular complexity index is 463. The standard InChI is InChI=1S/C12H15NO/c1-8-7-9-10(12(2,3)13)5-4-6-11(9)14-8/h4-7H,13H2,1-3H3. The molecule has 0 aliphatic carbocycles. The molecule has 0 radical (unpaired) electrons. The number of fused-ring (bicyclic) bond motifs is 1. The second-order valence-electron chi connectivity index (χ2n) is 4.30. The van der Waals surface area contributed by atoms with Crippen LogP contribution in [-0.4, -0.2) is 0 Å². The van der Waals surface area contributed by atoms with Crippen molar-refractivity contribution < 1.29 is 4.42 Å². The molecule has 0 atom stereocenters. The second kappa shape index (κ2) is 2.85. The summed E-state index contributed by atoms with van der Waals surface area (Å²) < 4.78 is 5.55. The Kier molecular flexibility index (Phi) is 1.89. The number of rotatable bonds is 1. The monoisotopic (exact) mass is 189 g/mol. The molecule has 0 spiro atoms. The molecule has 2 rings (SSSR count). The van der Waals surface area contributed by atoms with Crippen molar-refractivity contribution in [1.29, 1.82) is 0 Å². The van der Waals surface area contributed by atoms with Gasteiger partial charge in [-0.1, -0.05) is 12.1 Å². The average Bonchev–Trinajstić information content (AvgIpc) is 2.41. The SMILES string of the molecule is Cc1cc2c(C(C)(C)N)cccc2o1. The Morgan fingerprint density at radius 2 is 2.00 bits per heavy atom. The van der Waals surface area contributed by atoms with E-state index in [1.54, 1.807) is 0 Å². The maximum Gasteiger partial charge on any atom is 0.134 e. The predicted octanol–water partition coefficient (Wildman–Crippen LogP) is 2.94. The second-order valence-corrected chi connectivity index (χ2v) is 4.30. The van der Waals surface area contributed by atoms with E-state index < -0.39 is 0 Å². The van der Waals surface area contributed by atoms with Gasteiger partial charge in [0.05, 0.1) is 0 Å². The number of benzene rings is 1. The third-order valence-electron chi connectivity index (χ3n) is 2.38. The zero-order valence-electron chi connectivity index (χ0n) is 8.79. The maximum absolute atomic E-state index is 6.09. The van der Waals surface area contributed by atoms with Crippen molar-refractivity contribution in [2.75, 3.05) is 0 Å². The van der Waals surface area contributed by atoms with Crippen molar-refractivity contribution in [3.05, 3.63) is 35.6 Å². The minimum absolute atomic E-state index is 0.324. The van der Waals surface area contributed by atoms with Crippen LogP contribution in [0.3, 0.4) is 0 Å². The molecule has 2 nitrogen and oxygen atoms in total. The summed E-state index contributed by atoms with van der Waals surface area (Å²) in [5, 5.41) is 1.12. The molecule has 1 aromatic heterocycles. The number of hydrogen-bond donors (Lipinski definition) is 1. The summed E-state index contributed by atoms with van der Waals surface area (Å²) in [5.41, 5.74) is 7.81. The summed E-state index contributed by atoms with van der Waals surface area (Å²) in [6.45, 7) is 5.96. The quantitative estimate of drug-likeness (QED) is 0.749. The van der Waals surface area contributed by atoms with Gasteiger partial charge in [0.25, 0.3) is 0 Å². The Labute approximate surface area is 83.7 Å². The lowest BCUT2D eigenvalue weighted by molar-refractivity contribution is 0.557. The summed E-state index contributed by atoms with van der Waals surface area (Å²) in [4.78, 5) is 0. The zero-order chi connectivity index (χ0) is 10.3. The molecular weight excluding hydrogens is 174 g/mol. The lowest BCUT2D eigenvalue weighted by Crippen LogP contribution is -2.28. The van der Waals surface area contributed by atoms with Gasteiger partial charge < -0.3 is 10.2 Å². The van der Waals surface area contributed by atoms with Crippen molar-refractivity contribution in [2.24, 2.45) is 5.73 Å². The average molecular weight is 189 g/mol. The molecule has 74 valence electrons. The van der Waals surface area contributed by atoms with Gasteiger partial charge in [0, 0.05) is 10.9 Å². The van der Waals surface area contributed by atoms with Crippen LogP contribution in [0.5, 0.6) is 0 Å². The first-order valence-corrected chi connectivity index (χ1v) is 4.77. The largest absolute Gasteiger partial charge is 0.461 e. The Hall–Kier alpha value is -1.28. The van der Waals surface area contributed by atoms with Gasteiger partial charge in [0.15, 0.2) is 0 Å². The topological polar surface area (TPSA) is 39.2 Å². The van der Waals surface area contributed by atoms with Crippen LogP contribution in [0.4, 0.5) is 0 Å². The van der Waals surface area contributed by atoms with Gasteiger partial charge in [-0.2, -0.15) is 0 Å². The highest BCUT2D eigenvalue weighted by Gasteiger charge is 2.18. The van der Waals surface area contributed by atoms with Crippen molar-refractivity contribution in [3.8, 4) is 0 Å². The van der Waals surface area contributed by atoms with Crippen LogP contribution in [0.15, 0.2) is 28.7 Å². The highest BCUT2D eigenvalue weighted by atomic mass is 16.3. The van der Waals surface area contributed by atoms with Crippen LogP contribution in [0.25, 0.3) is 11.0 Å². The lowest BCUT2D eigenvalue weighted by Gasteiger charge is -2.19. The molecule has 1 heterocycles. The summed E-state index contributed by atoms with van der Waals surface area (Å²) in [6, 6.07) is 8.04. The molecule has 2 aromatic rings. The van der Waals surface area contributed by atoms with Gasteiger partial charge in [-0.15, -0.1) is 0 Å². The molecule has 0 fully saturated rings. The van der Waals surface area contributed by atoms with E-state index in [4.69, 9.17) is 10.2 Å². The van der Waals surface area contributed by atoms with Crippen molar-refractivity contribution in [2.45, 2.75) is 26.3 Å². The number of aryl methyl sites for hydroxylation is 1. The molecule has 0 bridgehead atoms. The Morgan fingerprint density at radius 1 is 1.29 bits per heavy atom. The minimum atomic E-state index is -0.324. The zero-order valence-corrected chi connectivity index (χ0v) is 8.79. The molecule has 0 amide bonds. The smallest absolute Gasteiger partial charge is 0.134 e. The molecule has 0 aliphatic heterocycles. The van der Waals surface area contributed by atoms with Crippen LogP contribution >= 0.6 is 0 Å². The van der Waals surface area contributed by atoms with E-state index in [0.29, 0.717) is 0 Å². The van der Waals surface area contributed by atoms with Gasteiger partial charge in [0.2, 0.25) is 0 Å². The van der Waals surface area contributed by atoms with Crippen LogP contribution in [0.1, 0.15) is 25.2 Å². The first kappa shape index (κ1) is 9.28. The third-order valence-corrected chi connectivity index (χ3v) is 2.38.